The molecule has 2 aromatic rings. The molecule has 128 valence electrons. The zero-order chi connectivity index (χ0) is 16.8. The number of nitrogens with zero attached hydrogens (tertiary/aromatic N) is 1. The number of likely N-dealkylation sites (tertiary alicyclic amines) is 1. The SMILES string of the molecule is O=C(Cc1ccc(O)cc1)NCC(c1ccco1)N1CCCCC1. The van der Waals surface area contributed by atoms with E-state index in [1.807, 2.05) is 12.1 Å². The molecule has 3 rings (SSSR count). The number of aromatic hydroxyl groups is 1. The van der Waals surface area contributed by atoms with Gasteiger partial charge in [-0.25, -0.2) is 0 Å². The molecule has 24 heavy (non-hydrogen) atoms. The van der Waals surface area contributed by atoms with Crippen LogP contribution >= 0.6 is 0 Å². The second kappa shape index (κ2) is 8.02. The van der Waals surface area contributed by atoms with E-state index in [-0.39, 0.29) is 17.7 Å². The van der Waals surface area contributed by atoms with Gasteiger partial charge >= 0.3 is 0 Å². The van der Waals surface area contributed by atoms with Crippen LogP contribution in [0.15, 0.2) is 47.1 Å². The minimum absolute atomic E-state index is 0.0192. The van der Waals surface area contributed by atoms with Crippen LogP contribution in [0.4, 0.5) is 0 Å². The van der Waals surface area contributed by atoms with Crippen molar-refractivity contribution in [2.75, 3.05) is 19.6 Å². The van der Waals surface area contributed by atoms with Crippen molar-refractivity contribution in [3.8, 4) is 5.75 Å². The third-order valence-electron chi connectivity index (χ3n) is 4.50. The van der Waals surface area contributed by atoms with E-state index in [0.717, 1.165) is 24.4 Å². The second-order valence-electron chi connectivity index (χ2n) is 6.28. The van der Waals surface area contributed by atoms with Gasteiger partial charge in [-0.1, -0.05) is 18.6 Å². The summed E-state index contributed by atoms with van der Waals surface area (Å²) in [5.41, 5.74) is 0.887. The van der Waals surface area contributed by atoms with Crippen LogP contribution in [0.2, 0.25) is 0 Å². The Morgan fingerprint density at radius 3 is 2.58 bits per heavy atom. The highest BCUT2D eigenvalue weighted by molar-refractivity contribution is 5.78. The van der Waals surface area contributed by atoms with Crippen molar-refractivity contribution in [1.29, 1.82) is 0 Å². The Kier molecular flexibility index (Phi) is 5.54. The number of nitrogens with one attached hydrogen (secondary N) is 1. The molecule has 0 bridgehead atoms. The molecule has 1 fully saturated rings. The number of furan rings is 1. The van der Waals surface area contributed by atoms with Gasteiger partial charge < -0.3 is 14.8 Å². The van der Waals surface area contributed by atoms with Gasteiger partial charge in [0.1, 0.15) is 11.5 Å². The number of piperidine rings is 1. The summed E-state index contributed by atoms with van der Waals surface area (Å²) in [6.07, 6.45) is 5.65. The Morgan fingerprint density at radius 1 is 1.17 bits per heavy atom. The molecule has 0 spiro atoms. The van der Waals surface area contributed by atoms with Crippen molar-refractivity contribution in [2.45, 2.75) is 31.7 Å². The van der Waals surface area contributed by atoms with E-state index in [2.05, 4.69) is 10.2 Å². The summed E-state index contributed by atoms with van der Waals surface area (Å²) in [7, 11) is 0. The average molecular weight is 328 g/mol. The summed E-state index contributed by atoms with van der Waals surface area (Å²) in [6, 6.07) is 10.7. The maximum Gasteiger partial charge on any atom is 0.224 e. The third-order valence-corrected chi connectivity index (χ3v) is 4.50. The van der Waals surface area contributed by atoms with Gasteiger partial charge in [0, 0.05) is 6.54 Å². The standard InChI is InChI=1S/C19H24N2O3/c22-16-8-6-15(7-9-16)13-19(23)20-14-17(18-5-4-12-24-18)21-10-2-1-3-11-21/h4-9,12,17,22H,1-3,10-11,13-14H2,(H,20,23). The van der Waals surface area contributed by atoms with Crippen LogP contribution in [0.5, 0.6) is 5.75 Å². The van der Waals surface area contributed by atoms with Crippen molar-refractivity contribution in [2.24, 2.45) is 0 Å². The number of phenolic OH excluding ortho intramolecular Hbond substituents is 1. The van der Waals surface area contributed by atoms with Crippen LogP contribution in [0.3, 0.4) is 0 Å². The summed E-state index contributed by atoms with van der Waals surface area (Å²) in [5, 5.41) is 12.3. The summed E-state index contributed by atoms with van der Waals surface area (Å²) in [5.74, 6) is 1.10. The first-order valence-electron chi connectivity index (χ1n) is 8.54. The van der Waals surface area contributed by atoms with Gasteiger partial charge in [0.2, 0.25) is 5.91 Å². The van der Waals surface area contributed by atoms with Crippen LogP contribution in [0.1, 0.15) is 36.6 Å². The molecular weight excluding hydrogens is 304 g/mol. The smallest absolute Gasteiger partial charge is 0.224 e. The summed E-state index contributed by atoms with van der Waals surface area (Å²) < 4.78 is 5.59. The molecule has 5 nitrogen and oxygen atoms in total. The zero-order valence-electron chi connectivity index (χ0n) is 13.8. The number of phenols is 1. The van der Waals surface area contributed by atoms with Crippen molar-refractivity contribution in [3.63, 3.8) is 0 Å². The first-order chi connectivity index (χ1) is 11.7. The van der Waals surface area contributed by atoms with Gasteiger partial charge in [-0.3, -0.25) is 9.69 Å². The molecule has 1 aromatic carbocycles. The van der Waals surface area contributed by atoms with Gasteiger partial charge in [-0.15, -0.1) is 0 Å². The Balaban J connectivity index is 1.58. The predicted octanol–water partition coefficient (Wildman–Crippen LogP) is 2.87. The maximum atomic E-state index is 12.2. The minimum atomic E-state index is -0.0192. The number of carbonyl (C=O) groups is 1. The molecule has 0 radical (unpaired) electrons. The summed E-state index contributed by atoms with van der Waals surface area (Å²) in [6.45, 7) is 2.63. The van der Waals surface area contributed by atoms with Crippen molar-refractivity contribution < 1.29 is 14.3 Å². The molecule has 1 aliphatic rings. The van der Waals surface area contributed by atoms with Crippen LogP contribution < -0.4 is 5.32 Å². The lowest BCUT2D eigenvalue weighted by Gasteiger charge is -2.33. The predicted molar refractivity (Wildman–Crippen MR) is 91.7 cm³/mol. The van der Waals surface area contributed by atoms with Gasteiger partial charge in [0.15, 0.2) is 0 Å². The van der Waals surface area contributed by atoms with E-state index >= 15 is 0 Å². The van der Waals surface area contributed by atoms with Gasteiger partial charge in [0.25, 0.3) is 0 Å². The molecule has 1 aromatic heterocycles. The Morgan fingerprint density at radius 2 is 1.92 bits per heavy atom. The number of benzene rings is 1. The lowest BCUT2D eigenvalue weighted by atomic mass is 10.1. The molecule has 1 aliphatic heterocycles. The molecular formula is C19H24N2O3. The molecule has 0 aliphatic carbocycles. The van der Waals surface area contributed by atoms with E-state index in [1.54, 1.807) is 30.5 Å². The highest BCUT2D eigenvalue weighted by atomic mass is 16.3. The molecule has 1 saturated heterocycles. The zero-order valence-corrected chi connectivity index (χ0v) is 13.8. The average Bonchev–Trinajstić information content (AvgIpc) is 3.12. The van der Waals surface area contributed by atoms with Gasteiger partial charge in [-0.2, -0.15) is 0 Å². The monoisotopic (exact) mass is 328 g/mol. The Labute approximate surface area is 142 Å². The van der Waals surface area contributed by atoms with E-state index < -0.39 is 0 Å². The molecule has 5 heteroatoms. The lowest BCUT2D eigenvalue weighted by molar-refractivity contribution is -0.120. The molecule has 0 saturated carbocycles. The van der Waals surface area contributed by atoms with E-state index in [4.69, 9.17) is 4.42 Å². The van der Waals surface area contributed by atoms with Crippen LogP contribution in [0.25, 0.3) is 0 Å². The van der Waals surface area contributed by atoms with Gasteiger partial charge in [0.05, 0.1) is 18.7 Å². The van der Waals surface area contributed by atoms with Crippen molar-refractivity contribution in [3.05, 3.63) is 54.0 Å². The Hall–Kier alpha value is -2.27. The van der Waals surface area contributed by atoms with Gasteiger partial charge in [-0.05, 0) is 55.8 Å². The van der Waals surface area contributed by atoms with E-state index in [1.165, 1.54) is 19.3 Å². The first kappa shape index (κ1) is 16.6. The van der Waals surface area contributed by atoms with Crippen LogP contribution in [-0.4, -0.2) is 35.5 Å². The molecule has 2 N–H and O–H groups in total. The first-order valence-corrected chi connectivity index (χ1v) is 8.54. The largest absolute Gasteiger partial charge is 0.508 e. The van der Waals surface area contributed by atoms with Crippen molar-refractivity contribution >= 4 is 5.91 Å². The van der Waals surface area contributed by atoms with Crippen LogP contribution in [0, 0.1) is 0 Å². The summed E-state index contributed by atoms with van der Waals surface area (Å²) in [4.78, 5) is 14.6. The van der Waals surface area contributed by atoms with Crippen molar-refractivity contribution in [1.82, 2.24) is 10.2 Å². The minimum Gasteiger partial charge on any atom is -0.508 e. The fourth-order valence-corrected chi connectivity index (χ4v) is 3.19. The quantitative estimate of drug-likeness (QED) is 0.856. The highest BCUT2D eigenvalue weighted by Crippen LogP contribution is 2.24. The van der Waals surface area contributed by atoms with E-state index in [9.17, 15) is 9.90 Å². The lowest BCUT2D eigenvalue weighted by Crippen LogP contribution is -2.40. The van der Waals surface area contributed by atoms with Crippen LogP contribution in [-0.2, 0) is 11.2 Å². The molecule has 2 heterocycles. The number of rotatable bonds is 6. The maximum absolute atomic E-state index is 12.2. The molecule has 1 unspecified atom stereocenters. The highest BCUT2D eigenvalue weighted by Gasteiger charge is 2.24. The Bertz CT molecular complexity index is 631. The normalized spacial score (nSPS) is 16.7. The molecule has 1 amide bonds. The fourth-order valence-electron chi connectivity index (χ4n) is 3.19. The summed E-state index contributed by atoms with van der Waals surface area (Å²) >= 11 is 0. The third kappa shape index (κ3) is 4.38. The second-order valence-corrected chi connectivity index (χ2v) is 6.28. The van der Waals surface area contributed by atoms with E-state index in [0.29, 0.717) is 13.0 Å². The topological polar surface area (TPSA) is 65.7 Å². The number of amides is 1. The molecule has 1 atom stereocenters. The number of carbonyl (C=O) groups excluding carboxylic acids is 1. The number of hydrogen-bond donors (Lipinski definition) is 2. The fraction of sp³-hybridized carbons (Fsp3) is 0.421. The number of hydrogen-bond acceptors (Lipinski definition) is 4.